The molecule has 0 saturated carbocycles. The highest BCUT2D eigenvalue weighted by Gasteiger charge is 2.13. The minimum atomic E-state index is -0.838. The molecule has 4 rings (SSSR count). The van der Waals surface area contributed by atoms with Gasteiger partial charge < -0.3 is 5.32 Å². The van der Waals surface area contributed by atoms with E-state index < -0.39 is 17.5 Å². The Morgan fingerprint density at radius 1 is 1.07 bits per heavy atom. The summed E-state index contributed by atoms with van der Waals surface area (Å²) < 4.78 is 28.1. The third-order valence-electron chi connectivity index (χ3n) is 3.75. The van der Waals surface area contributed by atoms with Gasteiger partial charge in [0.25, 0.3) is 0 Å². The molecule has 10 heteroatoms. The van der Waals surface area contributed by atoms with Crippen molar-refractivity contribution in [1.29, 1.82) is 0 Å². The fourth-order valence-electron chi connectivity index (χ4n) is 2.44. The summed E-state index contributed by atoms with van der Waals surface area (Å²) in [5.41, 5.74) is 2.03. The molecule has 0 bridgehead atoms. The molecular weight excluding hydrogens is 386 g/mol. The lowest BCUT2D eigenvalue weighted by molar-refractivity contribution is -0.113. The molecule has 0 spiro atoms. The summed E-state index contributed by atoms with van der Waals surface area (Å²) in [5, 5.41) is 15.4. The summed E-state index contributed by atoms with van der Waals surface area (Å²) >= 11 is 1.10. The largest absolute Gasteiger partial charge is 0.323 e. The Morgan fingerprint density at radius 2 is 1.89 bits per heavy atom. The van der Waals surface area contributed by atoms with E-state index in [0.717, 1.165) is 23.4 Å². The molecule has 0 fully saturated rings. The quantitative estimate of drug-likeness (QED) is 0.520. The number of halogens is 2. The van der Waals surface area contributed by atoms with Gasteiger partial charge in [-0.25, -0.2) is 8.78 Å². The molecule has 28 heavy (non-hydrogen) atoms. The van der Waals surface area contributed by atoms with Gasteiger partial charge in [0.15, 0.2) is 5.65 Å². The number of pyridine rings is 1. The van der Waals surface area contributed by atoms with E-state index in [-0.39, 0.29) is 11.4 Å². The monoisotopic (exact) mass is 398 g/mol. The van der Waals surface area contributed by atoms with Crippen molar-refractivity contribution in [1.82, 2.24) is 24.8 Å². The van der Waals surface area contributed by atoms with E-state index in [9.17, 15) is 13.6 Å². The molecular formula is C18H12F2N6OS. The Bertz CT molecular complexity index is 1150. The van der Waals surface area contributed by atoms with Crippen LogP contribution in [0.5, 0.6) is 0 Å². The zero-order valence-electron chi connectivity index (χ0n) is 14.2. The number of aromatic nitrogens is 5. The van der Waals surface area contributed by atoms with Crippen LogP contribution >= 0.6 is 11.8 Å². The predicted molar refractivity (Wildman–Crippen MR) is 99.7 cm³/mol. The average Bonchev–Trinajstić information content (AvgIpc) is 3.11. The second kappa shape index (κ2) is 7.69. The molecule has 0 aliphatic heterocycles. The smallest absolute Gasteiger partial charge is 0.234 e. The average molecular weight is 398 g/mol. The number of thioether (sulfide) groups is 1. The van der Waals surface area contributed by atoms with Crippen molar-refractivity contribution in [2.45, 2.75) is 5.16 Å². The number of rotatable bonds is 5. The van der Waals surface area contributed by atoms with E-state index >= 15 is 0 Å². The molecule has 4 aromatic rings. The molecule has 1 aromatic carbocycles. The van der Waals surface area contributed by atoms with Crippen LogP contribution in [0.15, 0.2) is 60.0 Å². The number of hydrogen-bond donors (Lipinski definition) is 1. The summed E-state index contributed by atoms with van der Waals surface area (Å²) in [6.07, 6.45) is 3.34. The van der Waals surface area contributed by atoms with Gasteiger partial charge in [0.1, 0.15) is 11.6 Å². The van der Waals surface area contributed by atoms with Crippen molar-refractivity contribution in [3.05, 3.63) is 66.5 Å². The molecule has 3 aromatic heterocycles. The van der Waals surface area contributed by atoms with Crippen LogP contribution in [-0.4, -0.2) is 36.5 Å². The van der Waals surface area contributed by atoms with Crippen LogP contribution in [0.4, 0.5) is 14.5 Å². The standard InChI is InChI=1S/C18H12F2N6OS/c19-12-1-2-15(13(20)9-12)22-17(27)10-28-18-24-23-16-4-3-14(25-26(16)18)11-5-7-21-8-6-11/h1-9H,10H2,(H,22,27). The van der Waals surface area contributed by atoms with Crippen LogP contribution in [0.2, 0.25) is 0 Å². The molecule has 7 nitrogen and oxygen atoms in total. The van der Waals surface area contributed by atoms with Gasteiger partial charge in [-0.3, -0.25) is 9.78 Å². The first-order valence-electron chi connectivity index (χ1n) is 8.11. The minimum absolute atomic E-state index is 0.0429. The first-order chi connectivity index (χ1) is 13.6. The molecule has 140 valence electrons. The molecule has 0 aliphatic rings. The maximum absolute atomic E-state index is 13.6. The van der Waals surface area contributed by atoms with Crippen LogP contribution in [0, 0.1) is 11.6 Å². The van der Waals surface area contributed by atoms with E-state index in [1.807, 2.05) is 18.2 Å². The topological polar surface area (TPSA) is 85.1 Å². The Balaban J connectivity index is 1.49. The van der Waals surface area contributed by atoms with E-state index in [1.54, 1.807) is 18.5 Å². The van der Waals surface area contributed by atoms with Crippen molar-refractivity contribution in [3.8, 4) is 11.3 Å². The second-order valence-corrected chi connectivity index (χ2v) is 6.61. The zero-order chi connectivity index (χ0) is 19.5. The first kappa shape index (κ1) is 18.0. The van der Waals surface area contributed by atoms with Crippen molar-refractivity contribution < 1.29 is 13.6 Å². The SMILES string of the molecule is O=C(CSc1nnc2ccc(-c3ccncc3)nn12)Nc1ccc(F)cc1F. The van der Waals surface area contributed by atoms with Gasteiger partial charge in [-0.2, -0.15) is 9.61 Å². The number of nitrogens with zero attached hydrogens (tertiary/aromatic N) is 5. The number of nitrogens with one attached hydrogen (secondary N) is 1. The van der Waals surface area contributed by atoms with Gasteiger partial charge in [0.05, 0.1) is 17.1 Å². The molecule has 1 amide bonds. The third kappa shape index (κ3) is 3.81. The van der Waals surface area contributed by atoms with Crippen molar-refractivity contribution >= 4 is 29.0 Å². The van der Waals surface area contributed by atoms with Gasteiger partial charge in [0.2, 0.25) is 11.1 Å². The van der Waals surface area contributed by atoms with Crippen LogP contribution in [-0.2, 0) is 4.79 Å². The predicted octanol–water partition coefficient (Wildman–Crippen LogP) is 3.20. The van der Waals surface area contributed by atoms with Crippen molar-refractivity contribution in [2.24, 2.45) is 0 Å². The van der Waals surface area contributed by atoms with Crippen LogP contribution in [0.25, 0.3) is 16.9 Å². The number of benzene rings is 1. The Kier molecular flexibility index (Phi) is 4.94. The molecule has 0 atom stereocenters. The maximum atomic E-state index is 13.6. The Labute approximate surface area is 161 Å². The lowest BCUT2D eigenvalue weighted by Gasteiger charge is -2.06. The van der Waals surface area contributed by atoms with E-state index in [2.05, 4.69) is 25.6 Å². The van der Waals surface area contributed by atoms with E-state index in [4.69, 9.17) is 0 Å². The van der Waals surface area contributed by atoms with E-state index in [0.29, 0.717) is 22.6 Å². The molecule has 0 saturated heterocycles. The minimum Gasteiger partial charge on any atom is -0.323 e. The highest BCUT2D eigenvalue weighted by Crippen LogP contribution is 2.21. The van der Waals surface area contributed by atoms with Gasteiger partial charge in [-0.1, -0.05) is 11.8 Å². The van der Waals surface area contributed by atoms with Crippen molar-refractivity contribution in [3.63, 3.8) is 0 Å². The molecule has 1 N–H and O–H groups in total. The van der Waals surface area contributed by atoms with Gasteiger partial charge in [-0.05, 0) is 36.4 Å². The van der Waals surface area contributed by atoms with Gasteiger partial charge >= 0.3 is 0 Å². The van der Waals surface area contributed by atoms with Gasteiger partial charge in [-0.15, -0.1) is 10.2 Å². The zero-order valence-corrected chi connectivity index (χ0v) is 15.0. The Hall–Kier alpha value is -3.40. The fourth-order valence-corrected chi connectivity index (χ4v) is 3.13. The number of carbonyl (C=O) groups is 1. The maximum Gasteiger partial charge on any atom is 0.234 e. The first-order valence-corrected chi connectivity index (χ1v) is 9.09. The van der Waals surface area contributed by atoms with Crippen LogP contribution in [0.1, 0.15) is 0 Å². The lowest BCUT2D eigenvalue weighted by atomic mass is 10.2. The molecule has 3 heterocycles. The lowest BCUT2D eigenvalue weighted by Crippen LogP contribution is -2.15. The highest BCUT2D eigenvalue weighted by atomic mass is 32.2. The third-order valence-corrected chi connectivity index (χ3v) is 4.67. The van der Waals surface area contributed by atoms with Crippen LogP contribution in [0.3, 0.4) is 0 Å². The second-order valence-electron chi connectivity index (χ2n) is 5.67. The summed E-state index contributed by atoms with van der Waals surface area (Å²) in [5.74, 6) is -2.05. The number of carbonyl (C=O) groups excluding carboxylic acids is 1. The summed E-state index contributed by atoms with van der Waals surface area (Å²) in [6.45, 7) is 0. The fraction of sp³-hybridized carbons (Fsp3) is 0.0556. The van der Waals surface area contributed by atoms with Crippen LogP contribution < -0.4 is 5.32 Å². The van der Waals surface area contributed by atoms with Crippen molar-refractivity contribution in [2.75, 3.05) is 11.1 Å². The highest BCUT2D eigenvalue weighted by molar-refractivity contribution is 7.99. The number of fused-ring (bicyclic) bond motifs is 1. The summed E-state index contributed by atoms with van der Waals surface area (Å²) in [4.78, 5) is 16.1. The van der Waals surface area contributed by atoms with E-state index in [1.165, 1.54) is 10.6 Å². The number of anilines is 1. The molecule has 0 unspecified atom stereocenters. The normalized spacial score (nSPS) is 10.9. The number of amides is 1. The summed E-state index contributed by atoms with van der Waals surface area (Å²) in [6, 6.07) is 10.2. The van der Waals surface area contributed by atoms with Gasteiger partial charge in [0, 0.05) is 24.0 Å². The molecule has 0 aliphatic carbocycles. The summed E-state index contributed by atoms with van der Waals surface area (Å²) in [7, 11) is 0. The molecule has 0 radical (unpaired) electrons. The number of hydrogen-bond acceptors (Lipinski definition) is 6. The Morgan fingerprint density at radius 3 is 2.68 bits per heavy atom.